The highest BCUT2D eigenvalue weighted by Gasteiger charge is 2.22. The van der Waals surface area contributed by atoms with Crippen molar-refractivity contribution in [2.24, 2.45) is 0 Å². The molecule has 1 aliphatic rings. The summed E-state index contributed by atoms with van der Waals surface area (Å²) >= 11 is 3.43. The number of H-pyrrole nitrogens is 1. The van der Waals surface area contributed by atoms with Crippen molar-refractivity contribution in [1.29, 1.82) is 0 Å². The number of hydrogen-bond acceptors (Lipinski definition) is 3. The second-order valence-corrected chi connectivity index (χ2v) is 5.99. The number of aromatic nitrogens is 3. The molecule has 2 aromatic heterocycles. The number of anilines is 1. The molecular weight excluding hydrogens is 316 g/mol. The fraction of sp³-hybridized carbons (Fsp3) is 0.200. The van der Waals surface area contributed by atoms with Gasteiger partial charge in [0.15, 0.2) is 5.65 Å². The number of para-hydroxylation sites is 1. The van der Waals surface area contributed by atoms with E-state index in [-0.39, 0.29) is 0 Å². The highest BCUT2D eigenvalue weighted by molar-refractivity contribution is 9.10. The Morgan fingerprint density at radius 2 is 2.20 bits per heavy atom. The van der Waals surface area contributed by atoms with E-state index in [2.05, 4.69) is 60.5 Å². The summed E-state index contributed by atoms with van der Waals surface area (Å²) in [4.78, 5) is 12.3. The van der Waals surface area contributed by atoms with E-state index in [1.54, 1.807) is 6.20 Å². The Bertz CT molecular complexity index is 780. The van der Waals surface area contributed by atoms with Crippen molar-refractivity contribution in [3.05, 3.63) is 52.4 Å². The summed E-state index contributed by atoms with van der Waals surface area (Å²) < 4.78 is 0.966. The maximum atomic E-state index is 4.57. The average molecular weight is 329 g/mol. The number of benzene rings is 1. The molecule has 1 aliphatic heterocycles. The molecule has 0 saturated heterocycles. The second kappa shape index (κ2) is 4.59. The molecule has 0 aliphatic carbocycles. The molecule has 5 heteroatoms. The van der Waals surface area contributed by atoms with Crippen LogP contribution in [0.25, 0.3) is 11.2 Å². The van der Waals surface area contributed by atoms with Crippen molar-refractivity contribution < 1.29 is 0 Å². The first-order valence-corrected chi connectivity index (χ1v) is 7.42. The zero-order valence-electron chi connectivity index (χ0n) is 10.7. The van der Waals surface area contributed by atoms with Crippen LogP contribution in [0, 0.1) is 0 Å². The minimum Gasteiger partial charge on any atom is -0.384 e. The van der Waals surface area contributed by atoms with Crippen molar-refractivity contribution in [3.63, 3.8) is 0 Å². The Labute approximate surface area is 124 Å². The first-order valence-electron chi connectivity index (χ1n) is 6.62. The van der Waals surface area contributed by atoms with Crippen LogP contribution in [0.2, 0.25) is 0 Å². The van der Waals surface area contributed by atoms with Gasteiger partial charge < -0.3 is 10.3 Å². The van der Waals surface area contributed by atoms with E-state index in [0.29, 0.717) is 5.92 Å². The van der Waals surface area contributed by atoms with Crippen molar-refractivity contribution in [1.82, 2.24) is 15.0 Å². The zero-order chi connectivity index (χ0) is 13.5. The molecule has 0 amide bonds. The molecule has 4 nitrogen and oxygen atoms in total. The normalized spacial score (nSPS) is 17.1. The van der Waals surface area contributed by atoms with Crippen molar-refractivity contribution in [2.45, 2.75) is 12.3 Å². The third kappa shape index (κ3) is 1.98. The maximum absolute atomic E-state index is 4.57. The van der Waals surface area contributed by atoms with E-state index >= 15 is 0 Å². The standard InChI is InChI=1S/C15H13BrN4/c16-10-6-13-15(18-8-10)20-14(19-13)5-9-7-17-12-4-2-1-3-11(9)12/h1-4,6,8-9,17H,5,7H2,(H,18,19,20). The molecule has 100 valence electrons. The molecule has 3 heterocycles. The smallest absolute Gasteiger partial charge is 0.177 e. The van der Waals surface area contributed by atoms with E-state index in [1.807, 2.05) is 6.07 Å². The van der Waals surface area contributed by atoms with Gasteiger partial charge in [-0.2, -0.15) is 0 Å². The van der Waals surface area contributed by atoms with Crippen molar-refractivity contribution >= 4 is 32.8 Å². The van der Waals surface area contributed by atoms with Gasteiger partial charge in [0, 0.05) is 35.2 Å². The molecule has 2 N–H and O–H groups in total. The quantitative estimate of drug-likeness (QED) is 0.757. The third-order valence-corrected chi connectivity index (χ3v) is 4.17. The van der Waals surface area contributed by atoms with Crippen LogP contribution in [-0.4, -0.2) is 21.5 Å². The Morgan fingerprint density at radius 1 is 1.30 bits per heavy atom. The number of pyridine rings is 1. The number of rotatable bonds is 2. The topological polar surface area (TPSA) is 53.6 Å². The van der Waals surface area contributed by atoms with Gasteiger partial charge in [-0.05, 0) is 33.6 Å². The zero-order valence-corrected chi connectivity index (χ0v) is 12.3. The number of nitrogens with zero attached hydrogens (tertiary/aromatic N) is 2. The minimum atomic E-state index is 0.468. The van der Waals surface area contributed by atoms with Crippen molar-refractivity contribution in [2.75, 3.05) is 11.9 Å². The molecular formula is C15H13BrN4. The summed E-state index contributed by atoms with van der Waals surface area (Å²) in [6.07, 6.45) is 2.68. The van der Waals surface area contributed by atoms with Crippen molar-refractivity contribution in [3.8, 4) is 0 Å². The maximum Gasteiger partial charge on any atom is 0.177 e. The molecule has 4 rings (SSSR count). The van der Waals surface area contributed by atoms with Gasteiger partial charge >= 0.3 is 0 Å². The molecule has 0 fully saturated rings. The Balaban J connectivity index is 1.65. The number of aromatic amines is 1. The SMILES string of the molecule is Brc1cnc2nc(CC3CNc4ccccc43)[nH]c2c1. The van der Waals surface area contributed by atoms with Gasteiger partial charge in [-0.25, -0.2) is 9.97 Å². The first-order chi connectivity index (χ1) is 9.79. The van der Waals surface area contributed by atoms with E-state index < -0.39 is 0 Å². The van der Waals surface area contributed by atoms with Gasteiger partial charge in [0.1, 0.15) is 5.82 Å². The van der Waals surface area contributed by atoms with Crippen LogP contribution < -0.4 is 5.32 Å². The van der Waals surface area contributed by atoms with Gasteiger partial charge in [0.25, 0.3) is 0 Å². The molecule has 20 heavy (non-hydrogen) atoms. The van der Waals surface area contributed by atoms with E-state index in [0.717, 1.165) is 34.4 Å². The van der Waals surface area contributed by atoms with E-state index in [4.69, 9.17) is 0 Å². The summed E-state index contributed by atoms with van der Waals surface area (Å²) in [7, 11) is 0. The minimum absolute atomic E-state index is 0.468. The van der Waals surface area contributed by atoms with Crippen LogP contribution in [0.3, 0.4) is 0 Å². The largest absolute Gasteiger partial charge is 0.384 e. The number of hydrogen-bond donors (Lipinski definition) is 2. The average Bonchev–Trinajstić information content (AvgIpc) is 3.03. The summed E-state index contributed by atoms with van der Waals surface area (Å²) in [5.41, 5.74) is 4.38. The summed E-state index contributed by atoms with van der Waals surface area (Å²) in [5, 5.41) is 3.45. The molecule has 3 aromatic rings. The molecule has 0 bridgehead atoms. The molecule has 1 unspecified atom stereocenters. The molecule has 0 spiro atoms. The van der Waals surface area contributed by atoms with E-state index in [1.165, 1.54) is 11.3 Å². The number of nitrogens with one attached hydrogen (secondary N) is 2. The molecule has 1 atom stereocenters. The highest BCUT2D eigenvalue weighted by Crippen LogP contribution is 2.33. The predicted molar refractivity (Wildman–Crippen MR) is 83.0 cm³/mol. The lowest BCUT2D eigenvalue weighted by Gasteiger charge is -2.07. The molecule has 0 saturated carbocycles. The van der Waals surface area contributed by atoms with Gasteiger partial charge in [0.05, 0.1) is 5.52 Å². The lowest BCUT2D eigenvalue weighted by atomic mass is 9.98. The predicted octanol–water partition coefficient (Wildman–Crippen LogP) is 3.47. The summed E-state index contributed by atoms with van der Waals surface area (Å²) in [6, 6.07) is 10.5. The molecule has 1 aromatic carbocycles. The summed E-state index contributed by atoms with van der Waals surface area (Å²) in [5.74, 6) is 1.46. The Kier molecular flexibility index (Phi) is 2.73. The lowest BCUT2D eigenvalue weighted by Crippen LogP contribution is -2.06. The Morgan fingerprint density at radius 3 is 3.15 bits per heavy atom. The van der Waals surface area contributed by atoms with Crippen LogP contribution in [0.1, 0.15) is 17.3 Å². The van der Waals surface area contributed by atoms with Crippen LogP contribution in [0.5, 0.6) is 0 Å². The van der Waals surface area contributed by atoms with Crippen LogP contribution >= 0.6 is 15.9 Å². The number of halogens is 1. The monoisotopic (exact) mass is 328 g/mol. The Hall–Kier alpha value is -1.88. The first kappa shape index (κ1) is 11.9. The van der Waals surface area contributed by atoms with Crippen LogP contribution in [0.4, 0.5) is 5.69 Å². The number of fused-ring (bicyclic) bond motifs is 2. The van der Waals surface area contributed by atoms with E-state index in [9.17, 15) is 0 Å². The highest BCUT2D eigenvalue weighted by atomic mass is 79.9. The fourth-order valence-electron chi connectivity index (χ4n) is 2.79. The van der Waals surface area contributed by atoms with Gasteiger partial charge in [-0.3, -0.25) is 0 Å². The number of imidazole rings is 1. The lowest BCUT2D eigenvalue weighted by molar-refractivity contribution is 0.723. The van der Waals surface area contributed by atoms with Crippen LogP contribution in [-0.2, 0) is 6.42 Å². The summed E-state index contributed by atoms with van der Waals surface area (Å²) in [6.45, 7) is 0.966. The van der Waals surface area contributed by atoms with Gasteiger partial charge in [0.2, 0.25) is 0 Å². The fourth-order valence-corrected chi connectivity index (χ4v) is 3.12. The van der Waals surface area contributed by atoms with Crippen LogP contribution in [0.15, 0.2) is 41.0 Å². The third-order valence-electron chi connectivity index (χ3n) is 3.73. The van der Waals surface area contributed by atoms with Gasteiger partial charge in [-0.1, -0.05) is 18.2 Å². The molecule has 0 radical (unpaired) electrons. The second-order valence-electron chi connectivity index (χ2n) is 5.08. The van der Waals surface area contributed by atoms with Gasteiger partial charge in [-0.15, -0.1) is 0 Å².